The first-order valence-electron chi connectivity index (χ1n) is 16.6. The lowest BCUT2D eigenvalue weighted by Crippen LogP contribution is -2.01. The fourth-order valence-electron chi connectivity index (χ4n) is 6.48. The van der Waals surface area contributed by atoms with Crippen LogP contribution in [0.5, 0.6) is 0 Å². The van der Waals surface area contributed by atoms with Crippen LogP contribution in [-0.2, 0) is 0 Å². The molecule has 6 aromatic carbocycles. The van der Waals surface area contributed by atoms with E-state index in [1.165, 1.54) is 16.7 Å². The molecule has 0 atom stereocenters. The Morgan fingerprint density at radius 2 is 1.04 bits per heavy atom. The third kappa shape index (κ3) is 5.51. The van der Waals surface area contributed by atoms with E-state index in [9.17, 15) is 0 Å². The van der Waals surface area contributed by atoms with Gasteiger partial charge in [-0.1, -0.05) is 133 Å². The summed E-state index contributed by atoms with van der Waals surface area (Å²) in [6, 6.07) is 54.0. The zero-order valence-corrected chi connectivity index (χ0v) is 27.3. The highest BCUT2D eigenvalue weighted by atomic mass is 16.3. The molecule has 5 nitrogen and oxygen atoms in total. The Hall–Kier alpha value is -6.72. The maximum Gasteiger partial charge on any atom is 0.182 e. The summed E-state index contributed by atoms with van der Waals surface area (Å²) in [6.07, 6.45) is 1.87. The second-order valence-electron chi connectivity index (χ2n) is 12.4. The van der Waals surface area contributed by atoms with E-state index in [-0.39, 0.29) is 0 Å². The number of hydrogen-bond acceptors (Lipinski definition) is 5. The number of pyridine rings is 1. The molecule has 0 bridgehead atoms. The van der Waals surface area contributed by atoms with Gasteiger partial charge in [-0.2, -0.15) is 0 Å². The summed E-state index contributed by atoms with van der Waals surface area (Å²) in [5.41, 5.74) is 12.0. The number of aromatic nitrogens is 4. The minimum absolute atomic E-state index is 0.509. The summed E-state index contributed by atoms with van der Waals surface area (Å²) in [5.74, 6) is 1.64. The third-order valence-electron chi connectivity index (χ3n) is 9.08. The molecule has 9 rings (SSSR count). The SMILES string of the molecule is Cc1ccc(-c2ccc(-c3nc(-c4ccccc4)nc(-c4ccc5c(c4)oc4cccc(-c6cccc(-c7ccccc7)c6)c45)n3)nc2)cc1. The first-order chi connectivity index (χ1) is 24.7. The zero-order chi connectivity index (χ0) is 33.4. The first-order valence-corrected chi connectivity index (χ1v) is 16.6. The predicted molar refractivity (Wildman–Crippen MR) is 202 cm³/mol. The second kappa shape index (κ2) is 12.4. The van der Waals surface area contributed by atoms with E-state index in [1.54, 1.807) is 0 Å². The molecule has 0 amide bonds. The molecule has 50 heavy (non-hydrogen) atoms. The van der Waals surface area contributed by atoms with Crippen molar-refractivity contribution in [3.63, 3.8) is 0 Å². The molecular weight excluding hydrogens is 613 g/mol. The van der Waals surface area contributed by atoms with Crippen LogP contribution in [0.4, 0.5) is 0 Å². The molecule has 0 unspecified atom stereocenters. The molecule has 3 heterocycles. The monoisotopic (exact) mass is 642 g/mol. The van der Waals surface area contributed by atoms with Crippen molar-refractivity contribution >= 4 is 21.9 Å². The van der Waals surface area contributed by atoms with Gasteiger partial charge in [-0.3, -0.25) is 4.98 Å². The molecule has 0 saturated carbocycles. The van der Waals surface area contributed by atoms with Gasteiger partial charge in [0.05, 0.1) is 0 Å². The number of benzene rings is 6. The smallest absolute Gasteiger partial charge is 0.182 e. The van der Waals surface area contributed by atoms with Gasteiger partial charge < -0.3 is 4.42 Å². The van der Waals surface area contributed by atoms with E-state index >= 15 is 0 Å². The van der Waals surface area contributed by atoms with Crippen LogP contribution >= 0.6 is 0 Å². The average molecular weight is 643 g/mol. The van der Waals surface area contributed by atoms with Crippen LogP contribution in [0.15, 0.2) is 168 Å². The fraction of sp³-hybridized carbons (Fsp3) is 0.0222. The summed E-state index contributed by atoms with van der Waals surface area (Å²) in [6.45, 7) is 2.09. The van der Waals surface area contributed by atoms with Gasteiger partial charge in [0, 0.05) is 33.7 Å². The minimum Gasteiger partial charge on any atom is -0.456 e. The van der Waals surface area contributed by atoms with Crippen molar-refractivity contribution in [2.24, 2.45) is 0 Å². The van der Waals surface area contributed by atoms with Crippen LogP contribution in [0.3, 0.4) is 0 Å². The second-order valence-corrected chi connectivity index (χ2v) is 12.4. The summed E-state index contributed by atoms with van der Waals surface area (Å²) in [7, 11) is 0. The van der Waals surface area contributed by atoms with Crippen molar-refractivity contribution in [2.75, 3.05) is 0 Å². The maximum atomic E-state index is 6.50. The summed E-state index contributed by atoms with van der Waals surface area (Å²) in [4.78, 5) is 19.6. The number of hydrogen-bond donors (Lipinski definition) is 0. The highest BCUT2D eigenvalue weighted by molar-refractivity contribution is 6.13. The Morgan fingerprint density at radius 3 is 1.80 bits per heavy atom. The van der Waals surface area contributed by atoms with Gasteiger partial charge in [0.1, 0.15) is 16.9 Å². The van der Waals surface area contributed by atoms with Crippen molar-refractivity contribution in [1.82, 2.24) is 19.9 Å². The van der Waals surface area contributed by atoms with Crippen molar-refractivity contribution in [1.29, 1.82) is 0 Å². The van der Waals surface area contributed by atoms with Crippen molar-refractivity contribution in [3.05, 3.63) is 169 Å². The Morgan fingerprint density at radius 1 is 0.420 bits per heavy atom. The molecule has 3 aromatic heterocycles. The van der Waals surface area contributed by atoms with Crippen molar-refractivity contribution in [2.45, 2.75) is 6.92 Å². The standard InChI is InChI=1S/C45H30N4O/c1-29-18-20-31(21-19-29)36-23-25-39(46-28-36)45-48-43(32-12-6-3-7-13-32)47-44(49-45)35-22-24-38-41(27-35)50-40-17-9-16-37(42(38)40)34-15-8-14-33(26-34)30-10-4-2-5-11-30/h2-28H,1H3. The average Bonchev–Trinajstić information content (AvgIpc) is 3.57. The number of rotatable bonds is 6. The van der Waals surface area contributed by atoms with Crippen LogP contribution in [-0.4, -0.2) is 19.9 Å². The normalized spacial score (nSPS) is 11.3. The molecule has 9 aromatic rings. The lowest BCUT2D eigenvalue weighted by atomic mass is 9.96. The number of furan rings is 1. The Balaban J connectivity index is 1.14. The summed E-state index contributed by atoms with van der Waals surface area (Å²) >= 11 is 0. The fourth-order valence-corrected chi connectivity index (χ4v) is 6.48. The van der Waals surface area contributed by atoms with Crippen LogP contribution in [0.2, 0.25) is 0 Å². The number of fused-ring (bicyclic) bond motifs is 3. The molecule has 5 heteroatoms. The van der Waals surface area contributed by atoms with Crippen LogP contribution in [0.1, 0.15) is 5.56 Å². The Kier molecular flexibility index (Phi) is 7.29. The van der Waals surface area contributed by atoms with Gasteiger partial charge in [-0.05, 0) is 65.1 Å². The van der Waals surface area contributed by atoms with Crippen LogP contribution in [0, 0.1) is 6.92 Å². The molecule has 0 N–H and O–H groups in total. The van der Waals surface area contributed by atoms with E-state index in [1.807, 2.05) is 60.8 Å². The Bertz CT molecular complexity index is 2630. The van der Waals surface area contributed by atoms with E-state index in [0.29, 0.717) is 23.2 Å². The quantitative estimate of drug-likeness (QED) is 0.181. The summed E-state index contributed by atoms with van der Waals surface area (Å²) < 4.78 is 6.50. The number of aryl methyl sites for hydroxylation is 1. The van der Waals surface area contributed by atoms with Gasteiger partial charge in [-0.15, -0.1) is 0 Å². The third-order valence-corrected chi connectivity index (χ3v) is 9.08. The largest absolute Gasteiger partial charge is 0.456 e. The van der Waals surface area contributed by atoms with E-state index in [0.717, 1.165) is 55.3 Å². The molecule has 0 saturated heterocycles. The highest BCUT2D eigenvalue weighted by Gasteiger charge is 2.17. The molecule has 0 aliphatic heterocycles. The van der Waals surface area contributed by atoms with Crippen LogP contribution in [0.25, 0.3) is 89.6 Å². The van der Waals surface area contributed by atoms with Crippen molar-refractivity contribution in [3.8, 4) is 67.7 Å². The summed E-state index contributed by atoms with van der Waals surface area (Å²) in [5, 5.41) is 2.12. The first kappa shape index (κ1) is 29.4. The van der Waals surface area contributed by atoms with Gasteiger partial charge in [0.2, 0.25) is 0 Å². The predicted octanol–water partition coefficient (Wildman–Crippen LogP) is 11.5. The van der Waals surface area contributed by atoms with Crippen LogP contribution < -0.4 is 0 Å². The molecule has 0 fully saturated rings. The topological polar surface area (TPSA) is 64.7 Å². The molecule has 0 aliphatic rings. The lowest BCUT2D eigenvalue weighted by Gasteiger charge is -2.09. The van der Waals surface area contributed by atoms with Crippen molar-refractivity contribution < 1.29 is 4.42 Å². The van der Waals surface area contributed by atoms with E-state index in [4.69, 9.17) is 24.4 Å². The molecule has 0 radical (unpaired) electrons. The molecular formula is C45H30N4O. The molecule has 236 valence electrons. The van der Waals surface area contributed by atoms with Gasteiger partial charge in [0.25, 0.3) is 0 Å². The highest BCUT2D eigenvalue weighted by Crippen LogP contribution is 2.39. The molecule has 0 aliphatic carbocycles. The zero-order valence-electron chi connectivity index (χ0n) is 27.3. The Labute approximate surface area is 289 Å². The maximum absolute atomic E-state index is 6.50. The number of nitrogens with zero attached hydrogens (tertiary/aromatic N) is 4. The van der Waals surface area contributed by atoms with Gasteiger partial charge in [-0.25, -0.2) is 15.0 Å². The lowest BCUT2D eigenvalue weighted by molar-refractivity contribution is 0.669. The molecule has 0 spiro atoms. The van der Waals surface area contributed by atoms with E-state index < -0.39 is 0 Å². The van der Waals surface area contributed by atoms with Gasteiger partial charge >= 0.3 is 0 Å². The van der Waals surface area contributed by atoms with E-state index in [2.05, 4.69) is 110 Å². The minimum atomic E-state index is 0.509. The van der Waals surface area contributed by atoms with Gasteiger partial charge in [0.15, 0.2) is 17.5 Å².